The smallest absolute Gasteiger partial charge is 0.408 e. The van der Waals surface area contributed by atoms with Crippen LogP contribution in [0.25, 0.3) is 49.8 Å². The zero-order chi connectivity index (χ0) is 84.1. The van der Waals surface area contributed by atoms with Gasteiger partial charge in [-0.15, -0.1) is 0 Å². The number of hydrogen-bond donors (Lipinski definition) is 5. The number of carbonyl (C=O) groups excluding carboxylic acids is 7. The molecule has 0 radical (unpaired) electrons. The molecule has 11 aromatic rings. The Bertz CT molecular complexity index is 5570. The topological polar surface area (TPSA) is 420 Å². The molecule has 6 N–H and O–H groups in total. The fourth-order valence-electron chi connectivity index (χ4n) is 11.3. The van der Waals surface area contributed by atoms with Crippen LogP contribution in [0.15, 0.2) is 185 Å². The minimum atomic E-state index is -0.719. The number of carbonyl (C=O) groups is 7. The van der Waals surface area contributed by atoms with Crippen LogP contribution in [0.3, 0.4) is 0 Å². The van der Waals surface area contributed by atoms with Crippen LogP contribution >= 0.6 is 11.6 Å². The predicted octanol–water partition coefficient (Wildman–Crippen LogP) is 13.6. The van der Waals surface area contributed by atoms with Crippen molar-refractivity contribution in [3.63, 3.8) is 0 Å². The first-order valence-corrected chi connectivity index (χ1v) is 37.0. The van der Waals surface area contributed by atoms with Crippen LogP contribution in [-0.4, -0.2) is 121 Å². The van der Waals surface area contributed by atoms with Crippen molar-refractivity contribution in [2.24, 2.45) is 5.73 Å². The molecule has 598 valence electrons. The van der Waals surface area contributed by atoms with E-state index in [0.29, 0.717) is 71.2 Å². The van der Waals surface area contributed by atoms with E-state index in [4.69, 9.17) is 46.0 Å². The summed E-state index contributed by atoms with van der Waals surface area (Å²) in [5, 5.41) is 21.1. The summed E-state index contributed by atoms with van der Waals surface area (Å²) in [4.78, 5) is 156. The lowest BCUT2D eigenvalue weighted by molar-refractivity contribution is 0.0487. The fourth-order valence-corrected chi connectivity index (χ4v) is 11.4. The number of rotatable bonds is 19. The molecule has 0 saturated heterocycles. The number of nitrogens with zero attached hydrogens (tertiary/aromatic N) is 11. The molecule has 0 bridgehead atoms. The zero-order valence-corrected chi connectivity index (χ0v) is 66.7. The second kappa shape index (κ2) is 39.0. The summed E-state index contributed by atoms with van der Waals surface area (Å²) in [6, 6.07) is 41.5. The van der Waals surface area contributed by atoms with Crippen LogP contribution in [0, 0.1) is 11.3 Å². The highest BCUT2D eigenvalue weighted by atomic mass is 35.5. The van der Waals surface area contributed by atoms with Crippen molar-refractivity contribution in [2.45, 2.75) is 151 Å². The zero-order valence-electron chi connectivity index (χ0n) is 65.9. The molecule has 0 aliphatic rings. The average molecular weight is 1590 g/mol. The van der Waals surface area contributed by atoms with Gasteiger partial charge in [0.15, 0.2) is 0 Å². The second-order valence-corrected chi connectivity index (χ2v) is 28.5. The van der Waals surface area contributed by atoms with Crippen LogP contribution in [0.4, 0.5) is 20.3 Å². The van der Waals surface area contributed by atoms with Gasteiger partial charge in [-0.1, -0.05) is 93.6 Å². The first kappa shape index (κ1) is 87.0. The molecule has 115 heavy (non-hydrogen) atoms. The number of anilines is 1. The maximum Gasteiger partial charge on any atom is 0.408 e. The lowest BCUT2D eigenvalue weighted by Gasteiger charge is -2.25. The van der Waals surface area contributed by atoms with Gasteiger partial charge in [-0.25, -0.2) is 58.9 Å². The van der Waals surface area contributed by atoms with Gasteiger partial charge in [0.05, 0.1) is 109 Å². The molecule has 0 unspecified atom stereocenters. The van der Waals surface area contributed by atoms with E-state index in [9.17, 15) is 53.2 Å². The molecule has 5 heterocycles. The number of halogens is 1. The molecule has 0 aliphatic heterocycles. The van der Waals surface area contributed by atoms with E-state index in [1.54, 1.807) is 179 Å². The van der Waals surface area contributed by atoms with Crippen molar-refractivity contribution in [2.75, 3.05) is 18.5 Å². The largest absolute Gasteiger partial charge is 0.462 e. The first-order chi connectivity index (χ1) is 54.6. The minimum absolute atomic E-state index is 0.0486. The molecule has 0 spiro atoms. The Balaban J connectivity index is 0.000000204. The molecule has 6 aromatic carbocycles. The number of nitrogens with one attached hydrogen (secondary N) is 4. The number of aromatic nitrogens is 10. The summed E-state index contributed by atoms with van der Waals surface area (Å²) >= 11 is 5.42. The van der Waals surface area contributed by atoms with Crippen LogP contribution in [0.1, 0.15) is 199 Å². The maximum atomic E-state index is 14.2. The number of fused-ring (bicyclic) bond motifs is 3. The van der Waals surface area contributed by atoms with Gasteiger partial charge in [0.1, 0.15) is 40.3 Å². The minimum Gasteiger partial charge on any atom is -0.462 e. The van der Waals surface area contributed by atoms with Crippen molar-refractivity contribution >= 4 is 92.3 Å². The highest BCUT2D eigenvalue weighted by molar-refractivity contribution is 6.28. The average Bonchev–Trinajstić information content (AvgIpc) is 0.765. The number of primary amides is 1. The molecule has 0 saturated carbocycles. The quantitative estimate of drug-likeness (QED) is 0.0285. The van der Waals surface area contributed by atoms with E-state index in [1.165, 1.54) is 50.6 Å². The molecule has 5 aromatic heterocycles. The number of para-hydroxylation sites is 3. The monoisotopic (exact) mass is 1580 g/mol. The number of benzene rings is 6. The molecule has 32 heteroatoms. The number of nitrogens with two attached hydrogens (primary N) is 1. The summed E-state index contributed by atoms with van der Waals surface area (Å²) in [5.74, 6) is -1.45. The van der Waals surface area contributed by atoms with E-state index in [0.717, 1.165) is 0 Å². The summed E-state index contributed by atoms with van der Waals surface area (Å²) in [5.41, 5.74) is 5.65. The van der Waals surface area contributed by atoms with Crippen LogP contribution in [0.2, 0.25) is 5.28 Å². The van der Waals surface area contributed by atoms with E-state index in [2.05, 4.69) is 57.2 Å². The Hall–Kier alpha value is -13.6. The number of hydrogen-bond acceptors (Lipinski definition) is 23. The molecular formula is C83H89ClN16O15. The van der Waals surface area contributed by atoms with E-state index < -0.39 is 88.1 Å². The maximum absolute atomic E-state index is 14.2. The van der Waals surface area contributed by atoms with Crippen LogP contribution < -0.4 is 43.7 Å². The summed E-state index contributed by atoms with van der Waals surface area (Å²) in [6.45, 7) is 25.5. The third kappa shape index (κ3) is 23.0. The fraction of sp³-hybridized carbons (Fsp3) is 0.301. The van der Waals surface area contributed by atoms with E-state index >= 15 is 0 Å². The summed E-state index contributed by atoms with van der Waals surface area (Å²) < 4.78 is 30.1. The number of ether oxygens (including phenoxy) is 5. The molecule has 0 fully saturated rings. The Labute approximate surface area is 666 Å². The van der Waals surface area contributed by atoms with Crippen molar-refractivity contribution in [3.05, 3.63) is 252 Å². The second-order valence-electron chi connectivity index (χ2n) is 28.2. The molecule has 11 rings (SSSR count). The Kier molecular flexibility index (Phi) is 29.5. The van der Waals surface area contributed by atoms with Crippen molar-refractivity contribution < 1.29 is 57.2 Å². The Morgan fingerprint density at radius 2 is 0.774 bits per heavy atom. The van der Waals surface area contributed by atoms with Gasteiger partial charge in [0.2, 0.25) is 17.1 Å². The highest BCUT2D eigenvalue weighted by Crippen LogP contribution is 2.28. The molecule has 5 amide bonds. The van der Waals surface area contributed by atoms with Gasteiger partial charge in [-0.05, 0) is 180 Å². The van der Waals surface area contributed by atoms with Gasteiger partial charge < -0.3 is 45.4 Å². The number of amides is 5. The molecular weight excluding hydrogens is 1500 g/mol. The highest BCUT2D eigenvalue weighted by Gasteiger charge is 2.31. The SMILES string of the molecule is CCOC(=O)c1cnc(Cl)nc1.CCOC(=O)c1cnc(NC(=O)c2cccc3nc([C@H](CC)NC(=O)OC(C)(C)C)n(-c4ccccc4)c(=O)c23)nc1.CC[C@H](NC(=O)OC(C)(C)C)c1nc2cccc(C#N)c2c(=O)n1-c1ccccc1.CC[C@H](NC(=O)OC(C)(C)C)c1nc2cccc(C(N)=O)c2c(=O)n1-c1ccccc1. The van der Waals surface area contributed by atoms with Gasteiger partial charge >= 0.3 is 30.2 Å². The van der Waals surface area contributed by atoms with Gasteiger partial charge in [0.25, 0.3) is 22.6 Å². The molecule has 0 aliphatic carbocycles. The third-order valence-electron chi connectivity index (χ3n) is 16.2. The van der Waals surface area contributed by atoms with Crippen LogP contribution in [0.5, 0.6) is 0 Å². The van der Waals surface area contributed by atoms with E-state index in [1.807, 2.05) is 51.1 Å². The first-order valence-electron chi connectivity index (χ1n) is 36.6. The summed E-state index contributed by atoms with van der Waals surface area (Å²) in [7, 11) is 0. The molecule has 31 nitrogen and oxygen atoms in total. The van der Waals surface area contributed by atoms with Crippen LogP contribution in [-0.2, 0) is 23.7 Å². The van der Waals surface area contributed by atoms with Gasteiger partial charge in [-0.3, -0.25) is 43.0 Å². The van der Waals surface area contributed by atoms with Crippen molar-refractivity contribution in [1.29, 1.82) is 5.26 Å². The summed E-state index contributed by atoms with van der Waals surface area (Å²) in [6.07, 6.45) is 4.63. The lowest BCUT2D eigenvalue weighted by Crippen LogP contribution is -2.38. The lowest BCUT2D eigenvalue weighted by atomic mass is 10.1. The van der Waals surface area contributed by atoms with Crippen molar-refractivity contribution in [3.8, 4) is 23.1 Å². The number of nitriles is 1. The predicted molar refractivity (Wildman–Crippen MR) is 431 cm³/mol. The Morgan fingerprint density at radius 1 is 0.452 bits per heavy atom. The van der Waals surface area contributed by atoms with Gasteiger partial charge in [0, 0.05) is 24.8 Å². The number of esters is 2. The number of alkyl carbamates (subject to hydrolysis) is 3. The van der Waals surface area contributed by atoms with E-state index in [-0.39, 0.29) is 73.2 Å². The molecule has 3 atom stereocenters. The third-order valence-corrected chi connectivity index (χ3v) is 16.4. The normalized spacial score (nSPS) is 11.9. The van der Waals surface area contributed by atoms with Gasteiger partial charge in [-0.2, -0.15) is 5.26 Å². The standard InChI is InChI=1S/C30H32N6O6.C23H26N4O4.C23H24N4O3.C7H7ClN2O2/c1-6-21(34-29(40)42-30(3,4)5)24-33-22-15-11-14-20(23(22)26(38)36(24)19-12-9-8-10-13-19)25(37)35-28-31-16-18(17-32-28)27(39)41-7-2;1-5-16(26-22(30)31-23(2,3)4)20-25-17-13-9-12-15(19(24)28)18(17)21(29)27(20)14-10-7-6-8-11-14;1-5-17(26-22(29)30-23(2,3)4)20-25-18-13-9-10-15(14-24)19(18)21(28)27(20)16-11-7-6-8-12-16;1-2-12-6(11)5-3-9-7(8)10-4-5/h8-17,21H,6-7H2,1-5H3,(H,34,40)(H,31,32,35,37);6-13,16H,5H2,1-4H3,(H2,24,28)(H,26,30);6-13,17H,5H2,1-4H3,(H,26,29);3-4H,2H2,1H3/t21-;16-;17-;/m000./s1. The Morgan fingerprint density at radius 3 is 1.10 bits per heavy atom. The van der Waals surface area contributed by atoms with Crippen molar-refractivity contribution in [1.82, 2.24) is 64.5 Å².